The zero-order chi connectivity index (χ0) is 12.4. The molecule has 1 aliphatic heterocycles. The Hall–Kier alpha value is -0.350. The molecule has 0 aromatic heterocycles. The van der Waals surface area contributed by atoms with Crippen LogP contribution in [0.5, 0.6) is 0 Å². The quantitative estimate of drug-likeness (QED) is 0.738. The number of benzene rings is 1. The van der Waals surface area contributed by atoms with E-state index >= 15 is 0 Å². The topological polar surface area (TPSA) is 20.3 Å². The van der Waals surface area contributed by atoms with Crippen molar-refractivity contribution in [2.45, 2.75) is 19.8 Å². The summed E-state index contributed by atoms with van der Waals surface area (Å²) in [6.45, 7) is 4.00. The Morgan fingerprint density at radius 2 is 1.94 bits per heavy atom. The van der Waals surface area contributed by atoms with Gasteiger partial charge in [-0.25, -0.2) is 0 Å². The van der Waals surface area contributed by atoms with Crippen LogP contribution in [0.2, 0.25) is 0 Å². The fourth-order valence-corrected chi connectivity index (χ4v) is 3.26. The lowest BCUT2D eigenvalue weighted by Gasteiger charge is -2.30. The van der Waals surface area contributed by atoms with Crippen LogP contribution in [-0.2, 0) is 0 Å². The lowest BCUT2D eigenvalue weighted by atomic mass is 9.98. The third-order valence-electron chi connectivity index (χ3n) is 3.23. The zero-order valence-corrected chi connectivity index (χ0v) is 12.9. The maximum atomic E-state index is 12.3. The Morgan fingerprint density at radius 3 is 2.53 bits per heavy atom. The molecule has 0 radical (unpaired) electrons. The summed E-state index contributed by atoms with van der Waals surface area (Å²) in [4.78, 5) is 14.3. The van der Waals surface area contributed by atoms with Crippen LogP contribution in [0.4, 0.5) is 0 Å². The number of hydrogen-bond donors (Lipinski definition) is 0. The van der Waals surface area contributed by atoms with Gasteiger partial charge in [-0.05, 0) is 52.9 Å². The minimum absolute atomic E-state index is 0.135. The third-order valence-corrected chi connectivity index (χ3v) is 4.38. The van der Waals surface area contributed by atoms with Gasteiger partial charge in [-0.3, -0.25) is 4.79 Å². The van der Waals surface area contributed by atoms with E-state index in [0.717, 1.165) is 46.4 Å². The van der Waals surface area contributed by atoms with E-state index < -0.39 is 0 Å². The van der Waals surface area contributed by atoms with Gasteiger partial charge in [0.25, 0.3) is 5.91 Å². The highest BCUT2D eigenvalue weighted by molar-refractivity contribution is 9.11. The van der Waals surface area contributed by atoms with E-state index in [1.807, 2.05) is 23.1 Å². The molecule has 2 nitrogen and oxygen atoms in total. The molecule has 17 heavy (non-hydrogen) atoms. The van der Waals surface area contributed by atoms with Crippen LogP contribution in [0.3, 0.4) is 0 Å². The Kier molecular flexibility index (Phi) is 4.26. The number of piperidine rings is 1. The Balaban J connectivity index is 2.14. The largest absolute Gasteiger partial charge is 0.339 e. The second-order valence-electron chi connectivity index (χ2n) is 4.60. The molecule has 1 saturated heterocycles. The summed E-state index contributed by atoms with van der Waals surface area (Å²) in [6.07, 6.45) is 2.22. The van der Waals surface area contributed by atoms with E-state index in [1.165, 1.54) is 0 Å². The molecule has 2 rings (SSSR count). The van der Waals surface area contributed by atoms with Crippen molar-refractivity contribution in [3.63, 3.8) is 0 Å². The van der Waals surface area contributed by atoms with Crippen molar-refractivity contribution >= 4 is 37.8 Å². The normalized spacial score (nSPS) is 17.2. The van der Waals surface area contributed by atoms with E-state index in [1.54, 1.807) is 0 Å². The summed E-state index contributed by atoms with van der Waals surface area (Å²) < 4.78 is 1.84. The SMILES string of the molecule is CC1CCN(C(=O)c2ccc(Br)cc2Br)CC1. The molecule has 1 amide bonds. The summed E-state index contributed by atoms with van der Waals surface area (Å²) in [5, 5.41) is 0. The third kappa shape index (κ3) is 3.10. The average Bonchev–Trinajstić information content (AvgIpc) is 2.29. The van der Waals surface area contributed by atoms with Crippen molar-refractivity contribution in [3.8, 4) is 0 Å². The van der Waals surface area contributed by atoms with Crippen LogP contribution in [-0.4, -0.2) is 23.9 Å². The molecule has 1 fully saturated rings. The maximum Gasteiger partial charge on any atom is 0.254 e. The molecule has 1 aromatic rings. The number of carbonyl (C=O) groups is 1. The van der Waals surface area contributed by atoms with Crippen molar-refractivity contribution in [1.29, 1.82) is 0 Å². The van der Waals surface area contributed by atoms with Gasteiger partial charge in [-0.2, -0.15) is 0 Å². The number of halogens is 2. The van der Waals surface area contributed by atoms with Gasteiger partial charge in [-0.15, -0.1) is 0 Å². The van der Waals surface area contributed by atoms with Gasteiger partial charge in [0.2, 0.25) is 0 Å². The number of likely N-dealkylation sites (tertiary alicyclic amines) is 1. The molecular formula is C13H15Br2NO. The number of amides is 1. The van der Waals surface area contributed by atoms with Crippen molar-refractivity contribution < 1.29 is 4.79 Å². The van der Waals surface area contributed by atoms with Gasteiger partial charge in [0.1, 0.15) is 0 Å². The molecule has 1 heterocycles. The molecule has 0 unspecified atom stereocenters. The van der Waals surface area contributed by atoms with E-state index in [0.29, 0.717) is 0 Å². The second-order valence-corrected chi connectivity index (χ2v) is 6.37. The highest BCUT2D eigenvalue weighted by Crippen LogP contribution is 2.25. The number of nitrogens with zero attached hydrogens (tertiary/aromatic N) is 1. The molecule has 4 heteroatoms. The summed E-state index contributed by atoms with van der Waals surface area (Å²) in [6, 6.07) is 5.69. The molecule has 0 bridgehead atoms. The van der Waals surface area contributed by atoms with Gasteiger partial charge in [0.05, 0.1) is 5.56 Å². The van der Waals surface area contributed by atoms with Crippen molar-refractivity contribution in [1.82, 2.24) is 4.90 Å². The summed E-state index contributed by atoms with van der Waals surface area (Å²) in [5.41, 5.74) is 0.753. The fourth-order valence-electron chi connectivity index (χ4n) is 2.04. The van der Waals surface area contributed by atoms with Gasteiger partial charge in [0.15, 0.2) is 0 Å². The first-order valence-electron chi connectivity index (χ1n) is 5.82. The molecule has 92 valence electrons. The summed E-state index contributed by atoms with van der Waals surface area (Å²) >= 11 is 6.84. The van der Waals surface area contributed by atoms with Crippen LogP contribution >= 0.6 is 31.9 Å². The van der Waals surface area contributed by atoms with Gasteiger partial charge >= 0.3 is 0 Å². The Morgan fingerprint density at radius 1 is 1.29 bits per heavy atom. The molecule has 0 aliphatic carbocycles. The first kappa shape index (κ1) is 13.1. The second kappa shape index (κ2) is 5.53. The van der Waals surface area contributed by atoms with Crippen molar-refractivity contribution in [2.75, 3.05) is 13.1 Å². The summed E-state index contributed by atoms with van der Waals surface area (Å²) in [5.74, 6) is 0.878. The van der Waals surface area contributed by atoms with Crippen molar-refractivity contribution in [2.24, 2.45) is 5.92 Å². The minimum Gasteiger partial charge on any atom is -0.339 e. The van der Waals surface area contributed by atoms with Crippen LogP contribution in [0.15, 0.2) is 27.1 Å². The van der Waals surface area contributed by atoms with Crippen LogP contribution in [0.25, 0.3) is 0 Å². The summed E-state index contributed by atoms with van der Waals surface area (Å²) in [7, 11) is 0. The average molecular weight is 361 g/mol. The smallest absolute Gasteiger partial charge is 0.254 e. The first-order chi connectivity index (χ1) is 8.08. The molecule has 1 aromatic carbocycles. The molecule has 0 spiro atoms. The highest BCUT2D eigenvalue weighted by atomic mass is 79.9. The van der Waals surface area contributed by atoms with Crippen molar-refractivity contribution in [3.05, 3.63) is 32.7 Å². The van der Waals surface area contributed by atoms with Gasteiger partial charge in [-0.1, -0.05) is 22.9 Å². The number of carbonyl (C=O) groups excluding carboxylic acids is 1. The van der Waals surface area contributed by atoms with Gasteiger partial charge < -0.3 is 4.90 Å². The molecular weight excluding hydrogens is 346 g/mol. The number of rotatable bonds is 1. The zero-order valence-electron chi connectivity index (χ0n) is 9.75. The predicted octanol–water partition coefficient (Wildman–Crippen LogP) is 4.08. The Labute approximate surface area is 119 Å². The van der Waals surface area contributed by atoms with E-state index in [2.05, 4.69) is 38.8 Å². The van der Waals surface area contributed by atoms with E-state index in [9.17, 15) is 4.79 Å². The lowest BCUT2D eigenvalue weighted by Crippen LogP contribution is -2.38. The maximum absolute atomic E-state index is 12.3. The standard InChI is InChI=1S/C13H15Br2NO/c1-9-4-6-16(7-5-9)13(17)11-3-2-10(14)8-12(11)15/h2-3,8-9H,4-7H2,1H3. The van der Waals surface area contributed by atoms with Crippen LogP contribution in [0.1, 0.15) is 30.1 Å². The molecule has 1 aliphatic rings. The first-order valence-corrected chi connectivity index (χ1v) is 7.41. The fraction of sp³-hybridized carbons (Fsp3) is 0.462. The molecule has 0 saturated carbocycles. The highest BCUT2D eigenvalue weighted by Gasteiger charge is 2.22. The van der Waals surface area contributed by atoms with Crippen LogP contribution in [0, 0.1) is 5.92 Å². The van der Waals surface area contributed by atoms with Gasteiger partial charge in [0, 0.05) is 22.0 Å². The molecule has 0 N–H and O–H groups in total. The Bertz CT molecular complexity index is 425. The predicted molar refractivity (Wildman–Crippen MR) is 76.1 cm³/mol. The monoisotopic (exact) mass is 359 g/mol. The van der Waals surface area contributed by atoms with E-state index in [4.69, 9.17) is 0 Å². The molecule has 0 atom stereocenters. The lowest BCUT2D eigenvalue weighted by molar-refractivity contribution is 0.0696. The minimum atomic E-state index is 0.135. The van der Waals surface area contributed by atoms with E-state index in [-0.39, 0.29) is 5.91 Å². The number of hydrogen-bond acceptors (Lipinski definition) is 1. The van der Waals surface area contributed by atoms with Crippen LogP contribution < -0.4 is 0 Å².